The van der Waals surface area contributed by atoms with Crippen LogP contribution in [-0.2, 0) is 16.6 Å². The van der Waals surface area contributed by atoms with Crippen LogP contribution in [0, 0.1) is 6.92 Å². The van der Waals surface area contributed by atoms with Crippen molar-refractivity contribution in [1.82, 2.24) is 19.2 Å². The van der Waals surface area contributed by atoms with E-state index in [0.29, 0.717) is 44.0 Å². The smallest absolute Gasteiger partial charge is 0.268 e. The molecule has 0 unspecified atom stereocenters. The van der Waals surface area contributed by atoms with Gasteiger partial charge in [0.15, 0.2) is 0 Å². The summed E-state index contributed by atoms with van der Waals surface area (Å²) in [5.41, 5.74) is 4.59. The Kier molecular flexibility index (Phi) is 7.21. The number of rotatable bonds is 8. The van der Waals surface area contributed by atoms with Crippen LogP contribution in [0.3, 0.4) is 0 Å². The van der Waals surface area contributed by atoms with Gasteiger partial charge in [-0.15, -0.1) is 10.2 Å². The third-order valence-corrected chi connectivity index (χ3v) is 9.44. The van der Waals surface area contributed by atoms with Crippen molar-refractivity contribution in [2.24, 2.45) is 0 Å². The van der Waals surface area contributed by atoms with Crippen LogP contribution in [0.4, 0.5) is 5.13 Å². The molecule has 0 aliphatic heterocycles. The second-order valence-corrected chi connectivity index (χ2v) is 12.5. The topological polar surface area (TPSA) is 99.0 Å². The van der Waals surface area contributed by atoms with Gasteiger partial charge < -0.3 is 10.1 Å². The van der Waals surface area contributed by atoms with Crippen LogP contribution in [0.1, 0.15) is 11.1 Å². The van der Waals surface area contributed by atoms with Crippen LogP contribution in [0.2, 0.25) is 5.15 Å². The summed E-state index contributed by atoms with van der Waals surface area (Å²) < 4.78 is 34.0. The van der Waals surface area contributed by atoms with E-state index >= 15 is 0 Å². The molecule has 0 aliphatic rings. The number of benzene rings is 3. The molecule has 0 bridgehead atoms. The maximum Gasteiger partial charge on any atom is 0.268 e. The summed E-state index contributed by atoms with van der Waals surface area (Å²) in [7, 11) is -2.24. The minimum atomic E-state index is -3.88. The van der Waals surface area contributed by atoms with Gasteiger partial charge in [-0.1, -0.05) is 58.8 Å². The van der Waals surface area contributed by atoms with Gasteiger partial charge >= 0.3 is 0 Å². The summed E-state index contributed by atoms with van der Waals surface area (Å²) in [6, 6.07) is 25.4. The first kappa shape index (κ1) is 26.9. The Balaban J connectivity index is 1.38. The van der Waals surface area contributed by atoms with Gasteiger partial charge in [0.2, 0.25) is 5.13 Å². The van der Waals surface area contributed by atoms with Crippen molar-refractivity contribution in [3.8, 4) is 27.6 Å². The largest absolute Gasteiger partial charge is 0.497 e. The van der Waals surface area contributed by atoms with Crippen LogP contribution >= 0.6 is 22.9 Å². The quantitative estimate of drug-likeness (QED) is 0.187. The number of ether oxygens (including phenoxy) is 1. The maximum atomic E-state index is 13.7. The summed E-state index contributed by atoms with van der Waals surface area (Å²) in [5, 5.41) is 14.4. The molecular formula is C30H24ClN5O3S2. The fourth-order valence-corrected chi connectivity index (χ4v) is 6.72. The molecule has 41 heavy (non-hydrogen) atoms. The fraction of sp³-hybridized carbons (Fsp3) is 0.100. The summed E-state index contributed by atoms with van der Waals surface area (Å²) in [6.45, 7) is 2.50. The van der Waals surface area contributed by atoms with E-state index in [2.05, 4.69) is 20.5 Å². The van der Waals surface area contributed by atoms with E-state index in [4.69, 9.17) is 16.3 Å². The van der Waals surface area contributed by atoms with Crippen LogP contribution in [0.5, 0.6) is 5.75 Å². The first-order valence-corrected chi connectivity index (χ1v) is 15.3. The van der Waals surface area contributed by atoms with Gasteiger partial charge in [-0.05, 0) is 67.1 Å². The molecule has 206 valence electrons. The monoisotopic (exact) mass is 601 g/mol. The lowest BCUT2D eigenvalue weighted by atomic mass is 10.1. The van der Waals surface area contributed by atoms with E-state index in [-0.39, 0.29) is 4.90 Å². The molecule has 6 rings (SSSR count). The number of hydrogen-bond donors (Lipinski definition) is 1. The molecule has 0 radical (unpaired) electrons. The van der Waals surface area contributed by atoms with Crippen molar-refractivity contribution in [2.45, 2.75) is 18.4 Å². The van der Waals surface area contributed by atoms with Gasteiger partial charge in [0.1, 0.15) is 15.9 Å². The molecule has 0 spiro atoms. The number of fused-ring (bicyclic) bond motifs is 1. The third-order valence-electron chi connectivity index (χ3n) is 6.61. The van der Waals surface area contributed by atoms with Crippen molar-refractivity contribution in [3.05, 3.63) is 107 Å². The maximum absolute atomic E-state index is 13.7. The number of aryl methyl sites for hydroxylation is 1. The van der Waals surface area contributed by atoms with Crippen LogP contribution in [0.15, 0.2) is 96.0 Å². The standard InChI is InChI=1S/C30H24ClN5O3S2/c1-19-6-13-23(14-7-19)41(37,38)36-18-25(26-4-3-5-28(31)33-26)24-16-21(10-15-27(24)36)29-34-35-30(40-29)32-17-20-8-11-22(39-2)12-9-20/h3-16,18H,17H2,1-2H3,(H,32,35). The molecule has 3 aromatic carbocycles. The minimum absolute atomic E-state index is 0.200. The Bertz CT molecular complexity index is 1970. The van der Waals surface area contributed by atoms with Gasteiger partial charge in [0.25, 0.3) is 10.0 Å². The highest BCUT2D eigenvalue weighted by atomic mass is 35.5. The van der Waals surface area contributed by atoms with Gasteiger partial charge in [0.05, 0.1) is 23.2 Å². The minimum Gasteiger partial charge on any atom is -0.497 e. The number of hydrogen-bond acceptors (Lipinski definition) is 8. The second kappa shape index (κ2) is 11.0. The lowest BCUT2D eigenvalue weighted by Gasteiger charge is -2.08. The van der Waals surface area contributed by atoms with E-state index < -0.39 is 10.0 Å². The highest BCUT2D eigenvalue weighted by Crippen LogP contribution is 2.36. The lowest BCUT2D eigenvalue weighted by Crippen LogP contribution is -2.11. The van der Waals surface area contributed by atoms with E-state index in [1.807, 2.05) is 49.4 Å². The van der Waals surface area contributed by atoms with Gasteiger partial charge in [-0.3, -0.25) is 0 Å². The number of halogens is 1. The molecule has 0 fully saturated rings. The molecule has 6 aromatic rings. The summed E-state index contributed by atoms with van der Waals surface area (Å²) in [5.74, 6) is 0.801. The van der Waals surface area contributed by atoms with E-state index in [1.165, 1.54) is 15.3 Å². The molecule has 0 atom stereocenters. The molecule has 0 saturated carbocycles. The molecular weight excluding hydrogens is 578 g/mol. The highest BCUT2D eigenvalue weighted by Gasteiger charge is 2.23. The number of methoxy groups -OCH3 is 1. The SMILES string of the molecule is COc1ccc(CNc2nnc(-c3ccc4c(c3)c(-c3cccc(Cl)n3)cn4S(=O)(=O)c3ccc(C)cc3)s2)cc1. The number of nitrogens with zero attached hydrogens (tertiary/aromatic N) is 4. The predicted octanol–water partition coefficient (Wildman–Crippen LogP) is 7.04. The fourth-order valence-electron chi connectivity index (χ4n) is 4.45. The van der Waals surface area contributed by atoms with Gasteiger partial charge in [0, 0.05) is 29.3 Å². The lowest BCUT2D eigenvalue weighted by molar-refractivity contribution is 0.414. The average Bonchev–Trinajstić information content (AvgIpc) is 3.62. The van der Waals surface area contributed by atoms with Crippen molar-refractivity contribution >= 4 is 49.0 Å². The number of anilines is 1. The van der Waals surface area contributed by atoms with E-state index in [1.54, 1.807) is 55.8 Å². The van der Waals surface area contributed by atoms with Gasteiger partial charge in [-0.2, -0.15) is 0 Å². The van der Waals surface area contributed by atoms with Crippen molar-refractivity contribution in [1.29, 1.82) is 0 Å². The molecule has 3 aromatic heterocycles. The third kappa shape index (κ3) is 5.41. The van der Waals surface area contributed by atoms with Crippen molar-refractivity contribution in [2.75, 3.05) is 12.4 Å². The Labute approximate surface area is 246 Å². The first-order valence-electron chi connectivity index (χ1n) is 12.6. The molecule has 0 aliphatic carbocycles. The predicted molar refractivity (Wildman–Crippen MR) is 163 cm³/mol. The number of nitrogens with one attached hydrogen (secondary N) is 1. The zero-order valence-corrected chi connectivity index (χ0v) is 24.5. The molecule has 3 heterocycles. The Morgan fingerprint density at radius 3 is 2.49 bits per heavy atom. The summed E-state index contributed by atoms with van der Waals surface area (Å²) in [4.78, 5) is 4.66. The van der Waals surface area contributed by atoms with Crippen LogP contribution in [-0.4, -0.2) is 34.7 Å². The van der Waals surface area contributed by atoms with Crippen molar-refractivity contribution in [3.63, 3.8) is 0 Å². The molecule has 0 amide bonds. The number of pyridine rings is 1. The molecule has 11 heteroatoms. The summed E-state index contributed by atoms with van der Waals surface area (Å²) in [6.07, 6.45) is 1.60. The van der Waals surface area contributed by atoms with Gasteiger partial charge in [-0.25, -0.2) is 17.4 Å². The Morgan fingerprint density at radius 1 is 0.976 bits per heavy atom. The Morgan fingerprint density at radius 2 is 1.76 bits per heavy atom. The van der Waals surface area contributed by atoms with E-state index in [9.17, 15) is 8.42 Å². The normalized spacial score (nSPS) is 11.6. The number of aromatic nitrogens is 4. The first-order chi connectivity index (χ1) is 19.8. The zero-order chi connectivity index (χ0) is 28.6. The zero-order valence-electron chi connectivity index (χ0n) is 22.1. The second-order valence-electron chi connectivity index (χ2n) is 9.35. The average molecular weight is 602 g/mol. The molecule has 0 saturated heterocycles. The molecule has 1 N–H and O–H groups in total. The van der Waals surface area contributed by atoms with Crippen molar-refractivity contribution < 1.29 is 13.2 Å². The summed E-state index contributed by atoms with van der Waals surface area (Å²) >= 11 is 7.62. The Hall–Kier alpha value is -4.25. The van der Waals surface area contributed by atoms with Crippen LogP contribution < -0.4 is 10.1 Å². The highest BCUT2D eigenvalue weighted by molar-refractivity contribution is 7.90. The van der Waals surface area contributed by atoms with Crippen LogP contribution in [0.25, 0.3) is 32.7 Å². The van der Waals surface area contributed by atoms with E-state index in [0.717, 1.165) is 22.4 Å². The molecule has 8 nitrogen and oxygen atoms in total.